The van der Waals surface area contributed by atoms with Gasteiger partial charge in [-0.25, -0.2) is 4.79 Å². The van der Waals surface area contributed by atoms with Crippen LogP contribution in [0, 0.1) is 6.92 Å². The SMILES string of the molecule is COC(=O)c1ccc(N2C(=O)C(=O)/C(=C(/O)c3cc(C)cc(Cl)c3OC)C2c2cccc(OC)c2)cc1. The number of hydrogen-bond donors (Lipinski definition) is 1. The third kappa shape index (κ3) is 4.63. The van der Waals surface area contributed by atoms with Crippen LogP contribution in [-0.2, 0) is 14.3 Å². The van der Waals surface area contributed by atoms with Crippen molar-refractivity contribution in [3.8, 4) is 11.5 Å². The molecule has 9 heteroatoms. The van der Waals surface area contributed by atoms with Crippen molar-refractivity contribution in [2.75, 3.05) is 26.2 Å². The van der Waals surface area contributed by atoms with E-state index < -0.39 is 29.5 Å². The zero-order chi connectivity index (χ0) is 26.9. The first-order chi connectivity index (χ1) is 17.7. The molecule has 3 aromatic rings. The number of halogens is 1. The van der Waals surface area contributed by atoms with E-state index in [9.17, 15) is 19.5 Å². The van der Waals surface area contributed by atoms with Gasteiger partial charge in [0.05, 0.1) is 49.1 Å². The Morgan fingerprint density at radius 3 is 2.30 bits per heavy atom. The van der Waals surface area contributed by atoms with Crippen molar-refractivity contribution in [2.24, 2.45) is 0 Å². The largest absolute Gasteiger partial charge is 0.507 e. The predicted octanol–water partition coefficient (Wildman–Crippen LogP) is 5.08. The Balaban J connectivity index is 1.97. The molecule has 1 unspecified atom stereocenters. The van der Waals surface area contributed by atoms with E-state index in [-0.39, 0.29) is 27.5 Å². The summed E-state index contributed by atoms with van der Waals surface area (Å²) in [7, 11) is 4.17. The topological polar surface area (TPSA) is 102 Å². The minimum Gasteiger partial charge on any atom is -0.507 e. The van der Waals surface area contributed by atoms with Crippen LogP contribution >= 0.6 is 11.6 Å². The van der Waals surface area contributed by atoms with Gasteiger partial charge in [-0.3, -0.25) is 14.5 Å². The van der Waals surface area contributed by atoms with Crippen LogP contribution in [0.3, 0.4) is 0 Å². The predicted molar refractivity (Wildman–Crippen MR) is 138 cm³/mol. The number of benzene rings is 3. The van der Waals surface area contributed by atoms with Gasteiger partial charge in [0.15, 0.2) is 0 Å². The molecule has 0 spiro atoms. The van der Waals surface area contributed by atoms with Crippen LogP contribution in [0.25, 0.3) is 5.76 Å². The molecule has 3 aromatic carbocycles. The van der Waals surface area contributed by atoms with Gasteiger partial charge in [0.25, 0.3) is 11.7 Å². The van der Waals surface area contributed by atoms with Crippen LogP contribution in [0.5, 0.6) is 11.5 Å². The molecule has 1 aliphatic rings. The lowest BCUT2D eigenvalue weighted by atomic mass is 9.94. The van der Waals surface area contributed by atoms with Gasteiger partial charge < -0.3 is 19.3 Å². The van der Waals surface area contributed by atoms with Gasteiger partial charge in [0.2, 0.25) is 0 Å². The summed E-state index contributed by atoms with van der Waals surface area (Å²) < 4.78 is 15.5. The van der Waals surface area contributed by atoms with Crippen molar-refractivity contribution in [1.82, 2.24) is 0 Å². The number of methoxy groups -OCH3 is 3. The van der Waals surface area contributed by atoms with Crippen molar-refractivity contribution in [1.29, 1.82) is 0 Å². The standard InChI is InChI=1S/C28H24ClNO7/c1-15-12-20(26(36-3)21(29)13-15)24(31)22-23(17-6-5-7-19(14-17)35-2)30(27(33)25(22)32)18-10-8-16(9-11-18)28(34)37-4/h5-14,23,31H,1-4H3/b24-22+. The number of esters is 1. The van der Waals surface area contributed by atoms with Crippen molar-refractivity contribution in [3.63, 3.8) is 0 Å². The molecule has 1 atom stereocenters. The van der Waals surface area contributed by atoms with Gasteiger partial charge in [-0.15, -0.1) is 0 Å². The van der Waals surface area contributed by atoms with Gasteiger partial charge in [0, 0.05) is 5.69 Å². The Bertz CT molecular complexity index is 1430. The maximum atomic E-state index is 13.4. The minimum absolute atomic E-state index is 0.143. The van der Waals surface area contributed by atoms with Crippen molar-refractivity contribution < 1.29 is 33.7 Å². The highest BCUT2D eigenvalue weighted by Gasteiger charge is 2.47. The van der Waals surface area contributed by atoms with E-state index in [1.807, 2.05) is 0 Å². The number of aliphatic hydroxyl groups excluding tert-OH is 1. The molecule has 1 amide bonds. The molecule has 1 N–H and O–H groups in total. The number of ketones is 1. The molecular weight excluding hydrogens is 498 g/mol. The fraction of sp³-hybridized carbons (Fsp3) is 0.179. The number of rotatable bonds is 6. The van der Waals surface area contributed by atoms with Crippen molar-refractivity contribution >= 4 is 40.7 Å². The molecule has 1 aliphatic heterocycles. The molecule has 0 bridgehead atoms. The van der Waals surface area contributed by atoms with Crippen LogP contribution in [0.15, 0.2) is 66.2 Å². The fourth-order valence-corrected chi connectivity index (χ4v) is 4.71. The van der Waals surface area contributed by atoms with Gasteiger partial charge in [-0.1, -0.05) is 23.7 Å². The molecule has 1 heterocycles. The molecular formula is C28H24ClNO7. The summed E-state index contributed by atoms with van der Waals surface area (Å²) in [6, 6.07) is 15.2. The number of anilines is 1. The summed E-state index contributed by atoms with van der Waals surface area (Å²) in [6.45, 7) is 1.78. The Hall–Kier alpha value is -4.30. The smallest absolute Gasteiger partial charge is 0.337 e. The number of amides is 1. The fourth-order valence-electron chi connectivity index (χ4n) is 4.36. The summed E-state index contributed by atoms with van der Waals surface area (Å²) in [5.41, 5.74) is 1.90. The van der Waals surface area contributed by atoms with E-state index in [1.54, 1.807) is 43.3 Å². The normalized spacial score (nSPS) is 16.6. The first-order valence-electron chi connectivity index (χ1n) is 11.2. The summed E-state index contributed by atoms with van der Waals surface area (Å²) in [4.78, 5) is 40.0. The second-order valence-corrected chi connectivity index (χ2v) is 8.72. The van der Waals surface area contributed by atoms with Crippen LogP contribution in [0.1, 0.15) is 33.1 Å². The molecule has 37 heavy (non-hydrogen) atoms. The van der Waals surface area contributed by atoms with E-state index in [2.05, 4.69) is 0 Å². The van der Waals surface area contributed by atoms with Crippen LogP contribution in [0.2, 0.25) is 5.02 Å². The monoisotopic (exact) mass is 521 g/mol. The van der Waals surface area contributed by atoms with Gasteiger partial charge in [-0.05, 0) is 66.6 Å². The highest BCUT2D eigenvalue weighted by atomic mass is 35.5. The van der Waals surface area contributed by atoms with Gasteiger partial charge in [-0.2, -0.15) is 0 Å². The molecule has 8 nitrogen and oxygen atoms in total. The number of aliphatic hydroxyl groups is 1. The highest BCUT2D eigenvalue weighted by molar-refractivity contribution is 6.51. The Kier molecular flexibility index (Phi) is 7.22. The number of nitrogens with zero attached hydrogens (tertiary/aromatic N) is 1. The van der Waals surface area contributed by atoms with Gasteiger partial charge >= 0.3 is 5.97 Å². The second-order valence-electron chi connectivity index (χ2n) is 8.31. The maximum Gasteiger partial charge on any atom is 0.337 e. The highest BCUT2D eigenvalue weighted by Crippen LogP contribution is 2.45. The van der Waals surface area contributed by atoms with Crippen LogP contribution < -0.4 is 14.4 Å². The van der Waals surface area contributed by atoms with E-state index in [0.29, 0.717) is 17.0 Å². The van der Waals surface area contributed by atoms with E-state index in [1.165, 1.54) is 50.5 Å². The first kappa shape index (κ1) is 25.8. The third-order valence-electron chi connectivity index (χ3n) is 6.07. The molecule has 0 saturated carbocycles. The van der Waals surface area contributed by atoms with Crippen molar-refractivity contribution in [3.05, 3.63) is 93.5 Å². The van der Waals surface area contributed by atoms with E-state index >= 15 is 0 Å². The minimum atomic E-state index is -1.01. The molecule has 0 radical (unpaired) electrons. The van der Waals surface area contributed by atoms with Crippen LogP contribution in [0.4, 0.5) is 5.69 Å². The van der Waals surface area contributed by atoms with Crippen LogP contribution in [-0.4, -0.2) is 44.1 Å². The lowest BCUT2D eigenvalue weighted by Crippen LogP contribution is -2.29. The summed E-state index contributed by atoms with van der Waals surface area (Å²) in [5, 5.41) is 11.7. The molecule has 0 aliphatic carbocycles. The molecule has 1 saturated heterocycles. The number of aryl methyl sites for hydroxylation is 1. The van der Waals surface area contributed by atoms with E-state index in [4.69, 9.17) is 25.8 Å². The molecule has 190 valence electrons. The van der Waals surface area contributed by atoms with Gasteiger partial charge in [0.1, 0.15) is 17.3 Å². The average molecular weight is 522 g/mol. The first-order valence-corrected chi connectivity index (χ1v) is 11.6. The lowest BCUT2D eigenvalue weighted by molar-refractivity contribution is -0.132. The number of carbonyl (C=O) groups is 3. The average Bonchev–Trinajstić information content (AvgIpc) is 3.17. The zero-order valence-electron chi connectivity index (χ0n) is 20.6. The number of ether oxygens (including phenoxy) is 3. The zero-order valence-corrected chi connectivity index (χ0v) is 21.3. The molecule has 1 fully saturated rings. The summed E-state index contributed by atoms with van der Waals surface area (Å²) in [6.07, 6.45) is 0. The quantitative estimate of drug-likeness (QED) is 0.209. The number of carbonyl (C=O) groups excluding carboxylic acids is 3. The molecule has 4 rings (SSSR count). The van der Waals surface area contributed by atoms with Crippen molar-refractivity contribution in [2.45, 2.75) is 13.0 Å². The Morgan fingerprint density at radius 2 is 1.68 bits per heavy atom. The number of Topliss-reactive ketones (excluding diaryl/α,β-unsaturated/α-hetero) is 1. The number of hydrogen-bond acceptors (Lipinski definition) is 7. The third-order valence-corrected chi connectivity index (χ3v) is 6.35. The summed E-state index contributed by atoms with van der Waals surface area (Å²) in [5.74, 6) is -2.04. The second kappa shape index (κ2) is 10.4. The summed E-state index contributed by atoms with van der Waals surface area (Å²) >= 11 is 6.35. The maximum absolute atomic E-state index is 13.4. The van der Waals surface area contributed by atoms with E-state index in [0.717, 1.165) is 5.56 Å². The Morgan fingerprint density at radius 1 is 0.973 bits per heavy atom. The molecule has 0 aromatic heterocycles. The Labute approximate surface area is 218 Å². The lowest BCUT2D eigenvalue weighted by Gasteiger charge is -2.26.